The summed E-state index contributed by atoms with van der Waals surface area (Å²) in [6.45, 7) is 0. The number of hydrogen-bond donors (Lipinski definition) is 2. The van der Waals surface area contributed by atoms with Crippen molar-refractivity contribution in [1.29, 1.82) is 0 Å². The summed E-state index contributed by atoms with van der Waals surface area (Å²) >= 11 is 12.0. The summed E-state index contributed by atoms with van der Waals surface area (Å²) in [5.74, 6) is -2.32. The lowest BCUT2D eigenvalue weighted by Crippen LogP contribution is -2.10. The number of rotatable bonds is 8. The second-order valence-corrected chi connectivity index (χ2v) is 9.00. The largest absolute Gasteiger partial charge is 0.322 e. The van der Waals surface area contributed by atoms with E-state index < -0.39 is 23.4 Å². The molecule has 10 heteroatoms. The molecule has 0 atom stereocenters. The fourth-order valence-electron chi connectivity index (χ4n) is 3.42. The Morgan fingerprint density at radius 2 is 1.25 bits per heavy atom. The number of amides is 2. The van der Waals surface area contributed by atoms with E-state index in [0.717, 1.165) is 12.2 Å². The fraction of sp³-hybridized carbons (Fsp3) is 0. The average molecular weight is 577 g/mol. The van der Waals surface area contributed by atoms with E-state index in [1.807, 2.05) is 6.07 Å². The summed E-state index contributed by atoms with van der Waals surface area (Å²) in [6, 6.07) is 21.9. The van der Waals surface area contributed by atoms with Crippen molar-refractivity contribution in [3.63, 3.8) is 0 Å². The molecule has 4 aromatic rings. The van der Waals surface area contributed by atoms with E-state index in [4.69, 9.17) is 23.2 Å². The molecule has 0 saturated heterocycles. The molecule has 0 aliphatic rings. The third-order valence-corrected chi connectivity index (χ3v) is 6.01. The number of azo groups is 1. The Morgan fingerprint density at radius 3 is 1.82 bits per heavy atom. The molecule has 6 nitrogen and oxygen atoms in total. The molecule has 0 heterocycles. The van der Waals surface area contributed by atoms with Gasteiger partial charge >= 0.3 is 0 Å². The highest BCUT2D eigenvalue weighted by molar-refractivity contribution is 6.32. The van der Waals surface area contributed by atoms with Crippen LogP contribution in [-0.4, -0.2) is 11.8 Å². The van der Waals surface area contributed by atoms with Crippen LogP contribution in [0.15, 0.2) is 107 Å². The Balaban J connectivity index is 1.57. The molecule has 2 N–H and O–H groups in total. The molecule has 0 aliphatic carbocycles. The van der Waals surface area contributed by atoms with Crippen molar-refractivity contribution in [3.05, 3.63) is 130 Å². The quantitative estimate of drug-likeness (QED) is 0.162. The normalized spacial score (nSPS) is 11.4. The molecule has 4 aromatic carbocycles. The van der Waals surface area contributed by atoms with Crippen LogP contribution in [0.4, 0.5) is 31.5 Å². The molecule has 0 fully saturated rings. The molecule has 0 aliphatic heterocycles. The number of carbonyl (C=O) groups excluding carboxylic acids is 2. The van der Waals surface area contributed by atoms with Gasteiger partial charge in [-0.2, -0.15) is 5.11 Å². The molecule has 0 radical (unpaired) electrons. The van der Waals surface area contributed by atoms with Crippen molar-refractivity contribution < 1.29 is 18.4 Å². The van der Waals surface area contributed by atoms with Gasteiger partial charge in [0.15, 0.2) is 0 Å². The highest BCUT2D eigenvalue weighted by atomic mass is 35.5. The molecule has 0 saturated carbocycles. The zero-order chi connectivity index (χ0) is 28.5. The van der Waals surface area contributed by atoms with Gasteiger partial charge in [0.2, 0.25) is 11.8 Å². The van der Waals surface area contributed by atoms with E-state index in [-0.39, 0.29) is 26.9 Å². The van der Waals surface area contributed by atoms with Crippen LogP contribution >= 0.6 is 23.2 Å². The summed E-state index contributed by atoms with van der Waals surface area (Å²) in [5.41, 5.74) is 1.54. The fourth-order valence-corrected chi connectivity index (χ4v) is 3.88. The molecular weight excluding hydrogens is 557 g/mol. The minimum atomic E-state index is -0.604. The molecule has 40 heavy (non-hydrogen) atoms. The van der Waals surface area contributed by atoms with Crippen LogP contribution in [0.5, 0.6) is 0 Å². The van der Waals surface area contributed by atoms with E-state index in [1.54, 1.807) is 36.4 Å². The van der Waals surface area contributed by atoms with Crippen molar-refractivity contribution in [3.8, 4) is 0 Å². The van der Waals surface area contributed by atoms with Crippen LogP contribution in [0.1, 0.15) is 11.1 Å². The second-order valence-electron chi connectivity index (χ2n) is 8.18. The number of nitrogens with zero attached hydrogens (tertiary/aromatic N) is 2. The van der Waals surface area contributed by atoms with Crippen molar-refractivity contribution in [1.82, 2.24) is 0 Å². The lowest BCUT2D eigenvalue weighted by molar-refractivity contribution is -0.112. The zero-order valence-corrected chi connectivity index (χ0v) is 22.1. The lowest BCUT2D eigenvalue weighted by Gasteiger charge is -2.10. The Morgan fingerprint density at radius 1 is 0.675 bits per heavy atom. The number of hydrogen-bond acceptors (Lipinski definition) is 4. The smallest absolute Gasteiger partial charge is 0.248 e. The first kappa shape index (κ1) is 28.4. The van der Waals surface area contributed by atoms with Gasteiger partial charge < -0.3 is 10.6 Å². The molecule has 200 valence electrons. The number of carbonyl (C=O) groups is 2. The van der Waals surface area contributed by atoms with Crippen molar-refractivity contribution in [2.24, 2.45) is 10.2 Å². The predicted molar refractivity (Wildman–Crippen MR) is 155 cm³/mol. The summed E-state index contributed by atoms with van der Waals surface area (Å²) in [4.78, 5) is 25.2. The Bertz CT molecular complexity index is 1600. The monoisotopic (exact) mass is 576 g/mol. The number of benzene rings is 4. The zero-order valence-electron chi connectivity index (χ0n) is 20.6. The van der Waals surface area contributed by atoms with Gasteiger partial charge in [-0.1, -0.05) is 53.5 Å². The number of anilines is 2. The van der Waals surface area contributed by atoms with Crippen LogP contribution < -0.4 is 10.6 Å². The first-order valence-electron chi connectivity index (χ1n) is 11.8. The highest BCUT2D eigenvalue weighted by Gasteiger charge is 2.10. The maximum atomic E-state index is 14.1. The van der Waals surface area contributed by atoms with Gasteiger partial charge in [-0.25, -0.2) is 8.78 Å². The van der Waals surface area contributed by atoms with Gasteiger partial charge in [-0.15, -0.1) is 5.11 Å². The van der Waals surface area contributed by atoms with Gasteiger partial charge in [-0.05, 0) is 66.7 Å². The van der Waals surface area contributed by atoms with E-state index in [0.29, 0.717) is 17.1 Å². The summed E-state index contributed by atoms with van der Waals surface area (Å²) < 4.78 is 28.1. The van der Waals surface area contributed by atoms with Crippen molar-refractivity contribution in [2.45, 2.75) is 0 Å². The minimum Gasteiger partial charge on any atom is -0.322 e. The van der Waals surface area contributed by atoms with Gasteiger partial charge in [-0.3, -0.25) is 9.59 Å². The predicted octanol–water partition coefficient (Wildman–Crippen LogP) is 8.99. The van der Waals surface area contributed by atoms with Gasteiger partial charge in [0.1, 0.15) is 17.3 Å². The third-order valence-electron chi connectivity index (χ3n) is 5.35. The van der Waals surface area contributed by atoms with Crippen LogP contribution in [0.25, 0.3) is 12.2 Å². The summed E-state index contributed by atoms with van der Waals surface area (Å²) in [5, 5.41) is 14.0. The lowest BCUT2D eigenvalue weighted by atomic mass is 10.2. The average Bonchev–Trinajstić information content (AvgIpc) is 2.92. The van der Waals surface area contributed by atoms with E-state index >= 15 is 0 Å². The van der Waals surface area contributed by atoms with Crippen molar-refractivity contribution >= 4 is 69.9 Å². The second kappa shape index (κ2) is 13.4. The summed E-state index contributed by atoms with van der Waals surface area (Å²) in [6.07, 6.45) is 4.76. The van der Waals surface area contributed by atoms with Gasteiger partial charge in [0.25, 0.3) is 0 Å². The molecule has 2 amide bonds. The molecule has 0 bridgehead atoms. The highest BCUT2D eigenvalue weighted by Crippen LogP contribution is 2.31. The molecular formula is C30H20Cl2F2N4O2. The van der Waals surface area contributed by atoms with Crippen LogP contribution in [0, 0.1) is 11.6 Å². The minimum absolute atomic E-state index is 0.0612. The molecule has 4 rings (SSSR count). The SMILES string of the molecule is O=C(C=Cc1c(F)cccc1Cl)Nc1ccc(N=Nc2ccccc2)c(NC(=O)C=Cc2c(F)cccc2Cl)c1. The third kappa shape index (κ3) is 7.69. The standard InChI is InChI=1S/C30H20Cl2F2N4O2/c31-23-8-4-10-25(33)21(23)13-16-29(39)35-20-12-15-27(38-37-19-6-2-1-3-7-19)28(18-20)36-30(40)17-14-22-24(32)9-5-11-26(22)34/h1-18H,(H,35,39)(H,36,40). The number of nitrogens with one attached hydrogen (secondary N) is 2. The Hall–Kier alpha value is -4.66. The molecule has 0 unspecified atom stereocenters. The summed E-state index contributed by atoms with van der Waals surface area (Å²) in [7, 11) is 0. The van der Waals surface area contributed by atoms with Crippen molar-refractivity contribution in [2.75, 3.05) is 10.6 Å². The topological polar surface area (TPSA) is 82.9 Å². The Kier molecular flexibility index (Phi) is 9.51. The first-order valence-corrected chi connectivity index (χ1v) is 12.5. The maximum absolute atomic E-state index is 14.1. The van der Waals surface area contributed by atoms with Crippen LogP contribution in [-0.2, 0) is 9.59 Å². The number of halogens is 4. The van der Waals surface area contributed by atoms with E-state index in [1.165, 1.54) is 54.6 Å². The van der Waals surface area contributed by atoms with E-state index in [9.17, 15) is 18.4 Å². The van der Waals surface area contributed by atoms with Gasteiger partial charge in [0.05, 0.1) is 21.4 Å². The molecule has 0 aromatic heterocycles. The van der Waals surface area contributed by atoms with Crippen LogP contribution in [0.3, 0.4) is 0 Å². The first-order chi connectivity index (χ1) is 19.3. The van der Waals surface area contributed by atoms with Gasteiger partial charge in [0, 0.05) is 29.0 Å². The molecule has 0 spiro atoms. The Labute approximate surface area is 238 Å². The van der Waals surface area contributed by atoms with Crippen LogP contribution in [0.2, 0.25) is 10.0 Å². The van der Waals surface area contributed by atoms with E-state index in [2.05, 4.69) is 20.9 Å². The maximum Gasteiger partial charge on any atom is 0.248 e.